The topological polar surface area (TPSA) is 79.8 Å². The summed E-state index contributed by atoms with van der Waals surface area (Å²) in [6.45, 7) is 1.68. The van der Waals surface area contributed by atoms with Gasteiger partial charge in [-0.25, -0.2) is 5.43 Å². The van der Waals surface area contributed by atoms with Gasteiger partial charge < -0.3 is 10.1 Å². The molecule has 0 radical (unpaired) electrons. The maximum Gasteiger partial charge on any atom is 0.275 e. The Morgan fingerprint density at radius 1 is 1.16 bits per heavy atom. The Morgan fingerprint density at radius 2 is 1.92 bits per heavy atom. The molecular weight excluding hydrogens is 433 g/mol. The lowest BCUT2D eigenvalue weighted by Gasteiger charge is -2.08. The Bertz CT molecular complexity index is 806. The number of anilines is 1. The summed E-state index contributed by atoms with van der Waals surface area (Å²) in [5.41, 5.74) is 4.04. The van der Waals surface area contributed by atoms with Crippen molar-refractivity contribution in [3.05, 3.63) is 57.7 Å². The van der Waals surface area contributed by atoms with Crippen LogP contribution in [0, 0.1) is 3.57 Å². The molecule has 130 valence electrons. The van der Waals surface area contributed by atoms with Crippen molar-refractivity contribution in [3.63, 3.8) is 0 Å². The van der Waals surface area contributed by atoms with Crippen molar-refractivity contribution in [1.82, 2.24) is 5.43 Å². The fourth-order valence-electron chi connectivity index (χ4n) is 2.08. The highest BCUT2D eigenvalue weighted by Crippen LogP contribution is 2.16. The van der Waals surface area contributed by atoms with Crippen molar-refractivity contribution in [2.75, 3.05) is 12.4 Å². The minimum absolute atomic E-state index is 0.0810. The molecule has 0 saturated carbocycles. The van der Waals surface area contributed by atoms with E-state index in [1.54, 1.807) is 31.2 Å². The lowest BCUT2D eigenvalue weighted by molar-refractivity contribution is -0.115. The first-order chi connectivity index (χ1) is 12.0. The second-order valence-corrected chi connectivity index (χ2v) is 6.47. The highest BCUT2D eigenvalue weighted by atomic mass is 127. The number of methoxy groups -OCH3 is 1. The number of para-hydroxylation sites is 1. The lowest BCUT2D eigenvalue weighted by atomic mass is 10.2. The van der Waals surface area contributed by atoms with E-state index in [-0.39, 0.29) is 12.3 Å². The predicted molar refractivity (Wildman–Crippen MR) is 106 cm³/mol. The summed E-state index contributed by atoms with van der Waals surface area (Å²) < 4.78 is 6.17. The van der Waals surface area contributed by atoms with E-state index in [2.05, 4.69) is 38.4 Å². The largest absolute Gasteiger partial charge is 0.496 e. The molecule has 25 heavy (non-hydrogen) atoms. The molecule has 0 saturated heterocycles. The van der Waals surface area contributed by atoms with Crippen molar-refractivity contribution < 1.29 is 14.3 Å². The molecule has 2 rings (SSSR count). The Morgan fingerprint density at radius 3 is 2.64 bits per heavy atom. The van der Waals surface area contributed by atoms with Crippen LogP contribution in [0.2, 0.25) is 0 Å². The molecule has 0 bridgehead atoms. The van der Waals surface area contributed by atoms with Gasteiger partial charge >= 0.3 is 0 Å². The SMILES string of the molecule is COc1ccccc1C(=O)N/N=C(/C)CC(=O)Nc1cccc(I)c1. The number of hydrogen-bond donors (Lipinski definition) is 2. The van der Waals surface area contributed by atoms with Crippen LogP contribution in [-0.2, 0) is 4.79 Å². The molecule has 2 N–H and O–H groups in total. The quantitative estimate of drug-likeness (QED) is 0.401. The number of hydrogen-bond acceptors (Lipinski definition) is 4. The van der Waals surface area contributed by atoms with Gasteiger partial charge in [0, 0.05) is 15.0 Å². The van der Waals surface area contributed by atoms with Gasteiger partial charge in [0.05, 0.1) is 19.1 Å². The third-order valence-electron chi connectivity index (χ3n) is 3.22. The molecule has 2 aromatic rings. The molecule has 0 aromatic heterocycles. The number of carbonyl (C=O) groups is 2. The second kappa shape index (κ2) is 9.16. The summed E-state index contributed by atoms with van der Waals surface area (Å²) in [6.07, 6.45) is 0.0810. The normalized spacial score (nSPS) is 10.9. The number of nitrogens with zero attached hydrogens (tertiary/aromatic N) is 1. The van der Waals surface area contributed by atoms with Crippen molar-refractivity contribution in [2.45, 2.75) is 13.3 Å². The van der Waals surface area contributed by atoms with Crippen LogP contribution < -0.4 is 15.5 Å². The van der Waals surface area contributed by atoms with Gasteiger partial charge in [-0.2, -0.15) is 5.10 Å². The van der Waals surface area contributed by atoms with Gasteiger partial charge in [0.25, 0.3) is 5.91 Å². The molecule has 0 spiro atoms. The van der Waals surface area contributed by atoms with Crippen LogP contribution in [0.15, 0.2) is 53.6 Å². The zero-order valence-electron chi connectivity index (χ0n) is 13.9. The van der Waals surface area contributed by atoms with E-state index in [0.29, 0.717) is 17.0 Å². The van der Waals surface area contributed by atoms with E-state index < -0.39 is 5.91 Å². The van der Waals surface area contributed by atoms with E-state index in [1.165, 1.54) is 7.11 Å². The average Bonchev–Trinajstić information content (AvgIpc) is 2.59. The fourth-order valence-corrected chi connectivity index (χ4v) is 2.63. The van der Waals surface area contributed by atoms with Crippen LogP contribution in [-0.4, -0.2) is 24.6 Å². The maximum atomic E-state index is 12.1. The number of rotatable bonds is 6. The first-order valence-corrected chi connectivity index (χ1v) is 8.59. The zero-order chi connectivity index (χ0) is 18.2. The third-order valence-corrected chi connectivity index (χ3v) is 3.90. The van der Waals surface area contributed by atoms with Crippen LogP contribution in [0.25, 0.3) is 0 Å². The third kappa shape index (κ3) is 5.86. The summed E-state index contributed by atoms with van der Waals surface area (Å²) in [5, 5.41) is 6.77. The Labute approximate surface area is 159 Å². The molecule has 0 aliphatic carbocycles. The van der Waals surface area contributed by atoms with E-state index in [0.717, 1.165) is 9.26 Å². The Hall–Kier alpha value is -2.42. The minimum atomic E-state index is -0.394. The first kappa shape index (κ1) is 18.9. The number of hydrazone groups is 1. The van der Waals surface area contributed by atoms with E-state index >= 15 is 0 Å². The van der Waals surface area contributed by atoms with Crippen molar-refractivity contribution in [2.24, 2.45) is 5.10 Å². The summed E-state index contributed by atoms with van der Waals surface area (Å²) in [6, 6.07) is 14.3. The minimum Gasteiger partial charge on any atom is -0.496 e. The van der Waals surface area contributed by atoms with Crippen LogP contribution in [0.1, 0.15) is 23.7 Å². The molecule has 0 unspecified atom stereocenters. The standard InChI is InChI=1S/C18H18IN3O3/c1-12(10-17(23)20-14-7-5-6-13(19)11-14)21-22-18(24)15-8-3-4-9-16(15)25-2/h3-9,11H,10H2,1-2H3,(H,20,23)(H,22,24)/b21-12-. The van der Waals surface area contributed by atoms with Crippen LogP contribution in [0.3, 0.4) is 0 Å². The highest BCUT2D eigenvalue weighted by molar-refractivity contribution is 14.1. The summed E-state index contributed by atoms with van der Waals surface area (Å²) in [7, 11) is 1.50. The van der Waals surface area contributed by atoms with Gasteiger partial charge in [0.1, 0.15) is 5.75 Å². The number of carbonyl (C=O) groups excluding carboxylic acids is 2. The zero-order valence-corrected chi connectivity index (χ0v) is 16.0. The van der Waals surface area contributed by atoms with Gasteiger partial charge in [-0.3, -0.25) is 9.59 Å². The van der Waals surface area contributed by atoms with Crippen LogP contribution in [0.5, 0.6) is 5.75 Å². The van der Waals surface area contributed by atoms with Gasteiger partial charge in [0.2, 0.25) is 5.91 Å². The predicted octanol–water partition coefficient (Wildman–Crippen LogP) is 3.43. The van der Waals surface area contributed by atoms with Crippen LogP contribution >= 0.6 is 22.6 Å². The van der Waals surface area contributed by atoms with Gasteiger partial charge in [-0.15, -0.1) is 0 Å². The first-order valence-electron chi connectivity index (χ1n) is 7.51. The van der Waals surface area contributed by atoms with Crippen molar-refractivity contribution in [3.8, 4) is 5.75 Å². The average molecular weight is 451 g/mol. The van der Waals surface area contributed by atoms with Gasteiger partial charge in [-0.1, -0.05) is 18.2 Å². The van der Waals surface area contributed by atoms with Crippen molar-refractivity contribution in [1.29, 1.82) is 0 Å². The number of ether oxygens (including phenoxy) is 1. The van der Waals surface area contributed by atoms with E-state index in [1.807, 2.05) is 24.3 Å². The Kier molecular flexibility index (Phi) is 6.93. The molecule has 7 heteroatoms. The molecule has 2 aromatic carbocycles. The molecule has 0 heterocycles. The van der Waals surface area contributed by atoms with E-state index in [9.17, 15) is 9.59 Å². The van der Waals surface area contributed by atoms with Gasteiger partial charge in [-0.05, 0) is 59.8 Å². The number of nitrogens with one attached hydrogen (secondary N) is 2. The number of amides is 2. The van der Waals surface area contributed by atoms with E-state index in [4.69, 9.17) is 4.74 Å². The van der Waals surface area contributed by atoms with Gasteiger partial charge in [0.15, 0.2) is 0 Å². The molecule has 0 atom stereocenters. The summed E-state index contributed by atoms with van der Waals surface area (Å²) >= 11 is 2.18. The number of halogens is 1. The molecule has 0 aliphatic heterocycles. The monoisotopic (exact) mass is 451 g/mol. The fraction of sp³-hybridized carbons (Fsp3) is 0.167. The summed E-state index contributed by atoms with van der Waals surface area (Å²) in [5.74, 6) is -0.131. The smallest absolute Gasteiger partial charge is 0.275 e. The summed E-state index contributed by atoms with van der Waals surface area (Å²) in [4.78, 5) is 24.2. The second-order valence-electron chi connectivity index (χ2n) is 5.22. The van der Waals surface area contributed by atoms with Crippen molar-refractivity contribution >= 4 is 45.8 Å². The molecule has 6 nitrogen and oxygen atoms in total. The van der Waals surface area contributed by atoms with Crippen LogP contribution in [0.4, 0.5) is 5.69 Å². The molecular formula is C18H18IN3O3. The lowest BCUT2D eigenvalue weighted by Crippen LogP contribution is -2.22. The maximum absolute atomic E-state index is 12.1. The Balaban J connectivity index is 1.92. The molecule has 0 aliphatic rings. The number of benzene rings is 2. The molecule has 2 amide bonds. The molecule has 0 fully saturated rings. The highest BCUT2D eigenvalue weighted by Gasteiger charge is 2.11.